The Bertz CT molecular complexity index is 2410. The third-order valence-electron chi connectivity index (χ3n) is 10.5. The molecule has 0 saturated heterocycles. The van der Waals surface area contributed by atoms with Crippen molar-refractivity contribution in [3.63, 3.8) is 0 Å². The van der Waals surface area contributed by atoms with Crippen LogP contribution in [0.15, 0.2) is 169 Å². The van der Waals surface area contributed by atoms with E-state index < -0.39 is 9.84 Å². The highest BCUT2D eigenvalue weighted by atomic mass is 32.2. The van der Waals surface area contributed by atoms with Crippen molar-refractivity contribution in [1.29, 1.82) is 0 Å². The molecule has 6 rings (SSSR count). The monoisotopic (exact) mass is 748 g/mol. The molecule has 0 aromatic heterocycles. The average Bonchev–Trinajstić information content (AvgIpc) is 3.17. The van der Waals surface area contributed by atoms with E-state index in [1.807, 2.05) is 54.6 Å². The predicted molar refractivity (Wildman–Crippen MR) is 223 cm³/mol. The fraction of sp³-hybridized carbons (Fsp3) is 0.184. The van der Waals surface area contributed by atoms with Crippen molar-refractivity contribution in [2.45, 2.75) is 68.1 Å². The molecule has 0 aliphatic heterocycles. The first-order valence-electron chi connectivity index (χ1n) is 18.4. The molecule has 0 bridgehead atoms. The van der Waals surface area contributed by atoms with Crippen LogP contribution in [0.4, 0.5) is 0 Å². The minimum atomic E-state index is -3.79. The molecule has 6 aromatic rings. The van der Waals surface area contributed by atoms with Gasteiger partial charge in [-0.3, -0.25) is 0 Å². The van der Waals surface area contributed by atoms with Crippen LogP contribution in [0.3, 0.4) is 0 Å². The zero-order valence-electron chi connectivity index (χ0n) is 32.2. The van der Waals surface area contributed by atoms with E-state index in [9.17, 15) is 13.5 Å². The Labute approximate surface area is 326 Å². The standard InChI is InChI=1S/C49H48O5S/c1-8-10-35-32-39(13-12-34(35)3)49(6,7)40-18-31-47(36(33-40)11-9-2)54-44-25-29-46(30-26-44)55(51,52)45-27-23-43(24-28-45)53-42-21-16-38(17-22-42)48(4,5)37-14-19-41(50)20-15-37/h8-9,12-33,50H,1-2,10-11H2,3-7H3. The second-order valence-corrected chi connectivity index (χ2v) is 16.9. The summed E-state index contributed by atoms with van der Waals surface area (Å²) in [6, 6.07) is 40.9. The molecule has 55 heavy (non-hydrogen) atoms. The molecule has 0 aliphatic rings. The molecule has 5 nitrogen and oxygen atoms in total. The lowest BCUT2D eigenvalue weighted by molar-refractivity contribution is 0.474. The van der Waals surface area contributed by atoms with Crippen LogP contribution >= 0.6 is 0 Å². The van der Waals surface area contributed by atoms with Crippen molar-refractivity contribution in [2.24, 2.45) is 0 Å². The Morgan fingerprint density at radius 3 is 1.47 bits per heavy atom. The summed E-state index contributed by atoms with van der Waals surface area (Å²) < 4.78 is 39.6. The molecule has 6 aromatic carbocycles. The summed E-state index contributed by atoms with van der Waals surface area (Å²) in [5.41, 5.74) is 7.55. The molecule has 280 valence electrons. The predicted octanol–water partition coefficient (Wildman–Crippen LogP) is 12.2. The van der Waals surface area contributed by atoms with Crippen molar-refractivity contribution < 1.29 is 23.0 Å². The Morgan fingerprint density at radius 1 is 0.545 bits per heavy atom. The summed E-state index contributed by atoms with van der Waals surface area (Å²) in [7, 11) is -3.79. The maximum Gasteiger partial charge on any atom is 0.206 e. The minimum Gasteiger partial charge on any atom is -0.508 e. The lowest BCUT2D eigenvalue weighted by Gasteiger charge is -2.28. The summed E-state index contributed by atoms with van der Waals surface area (Å²) in [5, 5.41) is 9.68. The van der Waals surface area contributed by atoms with Crippen LogP contribution in [0.25, 0.3) is 0 Å². The Kier molecular flexibility index (Phi) is 11.2. The van der Waals surface area contributed by atoms with Gasteiger partial charge in [-0.05, 0) is 138 Å². The summed E-state index contributed by atoms with van der Waals surface area (Å²) in [4.78, 5) is 0.328. The fourth-order valence-corrected chi connectivity index (χ4v) is 8.00. The highest BCUT2D eigenvalue weighted by molar-refractivity contribution is 7.91. The number of sulfone groups is 1. The number of ether oxygens (including phenoxy) is 2. The van der Waals surface area contributed by atoms with Gasteiger partial charge in [-0.2, -0.15) is 0 Å². The molecule has 0 atom stereocenters. The molecule has 0 radical (unpaired) electrons. The van der Waals surface area contributed by atoms with E-state index in [1.54, 1.807) is 60.7 Å². The summed E-state index contributed by atoms with van der Waals surface area (Å²) >= 11 is 0. The molecule has 0 heterocycles. The molecule has 0 fully saturated rings. The quantitative estimate of drug-likeness (QED) is 0.112. The van der Waals surface area contributed by atoms with Crippen molar-refractivity contribution in [1.82, 2.24) is 0 Å². The molecule has 0 aliphatic carbocycles. The highest BCUT2D eigenvalue weighted by Gasteiger charge is 2.26. The first-order chi connectivity index (χ1) is 26.2. The van der Waals surface area contributed by atoms with Crippen molar-refractivity contribution >= 4 is 9.84 Å². The topological polar surface area (TPSA) is 72.8 Å². The van der Waals surface area contributed by atoms with Gasteiger partial charge in [0.05, 0.1) is 9.79 Å². The van der Waals surface area contributed by atoms with Crippen LogP contribution in [0.2, 0.25) is 0 Å². The number of phenols is 1. The highest BCUT2D eigenvalue weighted by Crippen LogP contribution is 2.38. The Morgan fingerprint density at radius 2 is 0.945 bits per heavy atom. The van der Waals surface area contributed by atoms with Crippen LogP contribution in [0.1, 0.15) is 66.6 Å². The van der Waals surface area contributed by atoms with Gasteiger partial charge in [0.25, 0.3) is 0 Å². The van der Waals surface area contributed by atoms with E-state index in [1.165, 1.54) is 16.7 Å². The maximum absolute atomic E-state index is 13.6. The molecule has 0 saturated carbocycles. The van der Waals surface area contributed by atoms with Crippen LogP contribution in [0.5, 0.6) is 28.7 Å². The smallest absolute Gasteiger partial charge is 0.206 e. The molecule has 0 amide bonds. The molecule has 0 spiro atoms. The Balaban J connectivity index is 1.13. The lowest BCUT2D eigenvalue weighted by atomic mass is 9.76. The molecule has 0 unspecified atom stereocenters. The van der Waals surface area contributed by atoms with Crippen LogP contribution in [-0.4, -0.2) is 13.5 Å². The number of aromatic hydroxyl groups is 1. The normalized spacial score (nSPS) is 11.9. The van der Waals surface area contributed by atoms with E-state index in [0.717, 1.165) is 28.7 Å². The Hall–Kier alpha value is -5.85. The van der Waals surface area contributed by atoms with Crippen molar-refractivity contribution in [3.8, 4) is 28.7 Å². The largest absolute Gasteiger partial charge is 0.508 e. The molecular weight excluding hydrogens is 701 g/mol. The summed E-state index contributed by atoms with van der Waals surface area (Å²) in [6.45, 7) is 18.7. The number of phenolic OH excluding ortho intramolecular Hbond substituents is 1. The third-order valence-corrected chi connectivity index (χ3v) is 12.3. The van der Waals surface area contributed by atoms with E-state index in [2.05, 4.69) is 78.1 Å². The number of benzene rings is 6. The van der Waals surface area contributed by atoms with Crippen LogP contribution in [0, 0.1) is 6.92 Å². The number of rotatable bonds is 14. The number of aryl methyl sites for hydroxylation is 1. The van der Waals surface area contributed by atoms with Gasteiger partial charge in [-0.25, -0.2) is 8.42 Å². The van der Waals surface area contributed by atoms with Gasteiger partial charge in [-0.1, -0.05) is 94.4 Å². The van der Waals surface area contributed by atoms with Gasteiger partial charge in [0.2, 0.25) is 9.84 Å². The second-order valence-electron chi connectivity index (χ2n) is 14.9. The zero-order valence-corrected chi connectivity index (χ0v) is 33.0. The third kappa shape index (κ3) is 8.45. The van der Waals surface area contributed by atoms with Crippen LogP contribution < -0.4 is 9.47 Å². The van der Waals surface area contributed by atoms with E-state index in [-0.39, 0.29) is 26.4 Å². The fourth-order valence-electron chi connectivity index (χ4n) is 6.74. The minimum absolute atomic E-state index is 0.163. The summed E-state index contributed by atoms with van der Waals surface area (Å²) in [5.74, 6) is 2.62. The van der Waals surface area contributed by atoms with Crippen LogP contribution in [-0.2, 0) is 33.5 Å². The van der Waals surface area contributed by atoms with Gasteiger partial charge in [-0.15, -0.1) is 13.2 Å². The number of hydrogen-bond donors (Lipinski definition) is 1. The lowest BCUT2D eigenvalue weighted by Crippen LogP contribution is -2.19. The SMILES string of the molecule is C=CCc1cc(C(C)(C)c2ccc(Oc3ccc(S(=O)(=O)c4ccc(Oc5ccc(C(C)(C)c6ccc(O)cc6)cc5)cc4)cc3)c(CC=C)c2)ccc1C. The van der Waals surface area contributed by atoms with Gasteiger partial charge in [0, 0.05) is 10.8 Å². The zero-order chi connectivity index (χ0) is 39.4. The van der Waals surface area contributed by atoms with Gasteiger partial charge < -0.3 is 14.6 Å². The van der Waals surface area contributed by atoms with Gasteiger partial charge in [0.1, 0.15) is 28.7 Å². The van der Waals surface area contributed by atoms with E-state index >= 15 is 0 Å². The van der Waals surface area contributed by atoms with Gasteiger partial charge in [0.15, 0.2) is 0 Å². The van der Waals surface area contributed by atoms with E-state index in [0.29, 0.717) is 29.4 Å². The number of allylic oxidation sites excluding steroid dienone is 2. The first-order valence-corrected chi connectivity index (χ1v) is 19.9. The molecular formula is C49H48O5S. The van der Waals surface area contributed by atoms with E-state index in [4.69, 9.17) is 9.47 Å². The number of hydrogen-bond acceptors (Lipinski definition) is 5. The molecule has 6 heteroatoms. The first kappa shape index (κ1) is 38.9. The van der Waals surface area contributed by atoms with Crippen molar-refractivity contribution in [3.05, 3.63) is 198 Å². The maximum atomic E-state index is 13.6. The van der Waals surface area contributed by atoms with Crippen molar-refractivity contribution in [2.75, 3.05) is 0 Å². The average molecular weight is 749 g/mol. The summed E-state index contributed by atoms with van der Waals surface area (Å²) in [6.07, 6.45) is 5.24. The second kappa shape index (κ2) is 15.9. The van der Waals surface area contributed by atoms with Gasteiger partial charge >= 0.3 is 0 Å². The molecule has 1 N–H and O–H groups in total.